The minimum atomic E-state index is -0.582. The predicted octanol–water partition coefficient (Wildman–Crippen LogP) is 2.46. The molecule has 0 aliphatic carbocycles. The van der Waals surface area contributed by atoms with E-state index in [1.165, 1.54) is 17.2 Å². The number of nitrogens with zero attached hydrogens (tertiary/aromatic N) is 3. The lowest BCUT2D eigenvalue weighted by molar-refractivity contribution is -0.114. The van der Waals surface area contributed by atoms with Crippen LogP contribution in [-0.4, -0.2) is 21.2 Å². The summed E-state index contributed by atoms with van der Waals surface area (Å²) in [5, 5.41) is 0.890. The minimum absolute atomic E-state index is 0.183. The maximum absolute atomic E-state index is 12.1. The lowest BCUT2D eigenvalue weighted by atomic mass is 10.1. The van der Waals surface area contributed by atoms with Crippen molar-refractivity contribution >= 4 is 40.6 Å². The van der Waals surface area contributed by atoms with E-state index in [0.29, 0.717) is 27.3 Å². The van der Waals surface area contributed by atoms with Crippen molar-refractivity contribution in [3.05, 3.63) is 46.0 Å². The van der Waals surface area contributed by atoms with Crippen LogP contribution in [0.5, 0.6) is 0 Å². The van der Waals surface area contributed by atoms with E-state index in [1.54, 1.807) is 23.7 Å². The van der Waals surface area contributed by atoms with Gasteiger partial charge in [0.05, 0.1) is 24.0 Å². The van der Waals surface area contributed by atoms with Gasteiger partial charge in [-0.25, -0.2) is 4.98 Å². The fourth-order valence-electron chi connectivity index (χ4n) is 2.14. The van der Waals surface area contributed by atoms with E-state index in [2.05, 4.69) is 4.98 Å². The molecule has 1 aliphatic rings. The van der Waals surface area contributed by atoms with Gasteiger partial charge in [0.2, 0.25) is 0 Å². The molecule has 1 aliphatic heterocycles. The SMILES string of the molecule is Cn1c(Cl)cnc1CN1C(=O)C(=O)c2cc(Cl)ccc21. The molecule has 1 aromatic carbocycles. The highest BCUT2D eigenvalue weighted by Gasteiger charge is 2.36. The number of fused-ring (bicyclic) bond motifs is 1. The average Bonchev–Trinajstić information content (AvgIpc) is 2.85. The summed E-state index contributed by atoms with van der Waals surface area (Å²) >= 11 is 11.8. The number of benzene rings is 1. The molecule has 0 N–H and O–H groups in total. The van der Waals surface area contributed by atoms with Crippen LogP contribution in [0.2, 0.25) is 10.2 Å². The second-order valence-corrected chi connectivity index (χ2v) is 5.26. The molecule has 5 nitrogen and oxygen atoms in total. The first-order chi connectivity index (χ1) is 9.49. The molecule has 2 heterocycles. The molecular formula is C13H9Cl2N3O2. The van der Waals surface area contributed by atoms with Gasteiger partial charge >= 0.3 is 0 Å². The summed E-state index contributed by atoms with van der Waals surface area (Å²) < 4.78 is 1.66. The van der Waals surface area contributed by atoms with Crippen molar-refractivity contribution in [2.75, 3.05) is 4.90 Å². The second kappa shape index (κ2) is 4.61. The monoisotopic (exact) mass is 309 g/mol. The van der Waals surface area contributed by atoms with Crippen LogP contribution in [0.25, 0.3) is 0 Å². The summed E-state index contributed by atoms with van der Waals surface area (Å²) in [6.45, 7) is 0.183. The Morgan fingerprint density at radius 2 is 2.00 bits per heavy atom. The van der Waals surface area contributed by atoms with Gasteiger partial charge in [-0.1, -0.05) is 23.2 Å². The van der Waals surface area contributed by atoms with Gasteiger partial charge in [0.25, 0.3) is 11.7 Å². The summed E-state index contributed by atoms with van der Waals surface area (Å²) in [4.78, 5) is 29.5. The number of Topliss-reactive ketones (excluding diaryl/α,β-unsaturated/α-hetero) is 1. The number of halogens is 2. The molecule has 0 bridgehead atoms. The molecule has 0 radical (unpaired) electrons. The molecule has 1 amide bonds. The molecule has 0 spiro atoms. The van der Waals surface area contributed by atoms with Crippen molar-refractivity contribution < 1.29 is 9.59 Å². The van der Waals surface area contributed by atoms with Crippen LogP contribution in [0.4, 0.5) is 5.69 Å². The highest BCUT2D eigenvalue weighted by atomic mass is 35.5. The highest BCUT2D eigenvalue weighted by molar-refractivity contribution is 6.52. The number of carbonyl (C=O) groups is 2. The van der Waals surface area contributed by atoms with E-state index in [9.17, 15) is 9.59 Å². The molecule has 7 heteroatoms. The highest BCUT2D eigenvalue weighted by Crippen LogP contribution is 2.32. The van der Waals surface area contributed by atoms with E-state index in [0.717, 1.165) is 0 Å². The minimum Gasteiger partial charge on any atom is -0.321 e. The Morgan fingerprint density at radius 3 is 2.65 bits per heavy atom. The Kier molecular flexibility index (Phi) is 3.03. The number of rotatable bonds is 2. The molecule has 0 atom stereocenters. The molecule has 0 fully saturated rings. The third-order valence-corrected chi connectivity index (χ3v) is 3.85. The van der Waals surface area contributed by atoms with Crippen molar-refractivity contribution in [3.8, 4) is 0 Å². The van der Waals surface area contributed by atoms with Crippen molar-refractivity contribution in [2.24, 2.45) is 7.05 Å². The van der Waals surface area contributed by atoms with E-state index in [1.807, 2.05) is 0 Å². The van der Waals surface area contributed by atoms with E-state index in [-0.39, 0.29) is 6.54 Å². The number of aromatic nitrogens is 2. The fraction of sp³-hybridized carbons (Fsp3) is 0.154. The molecule has 1 aromatic heterocycles. The number of hydrogen-bond acceptors (Lipinski definition) is 3. The van der Waals surface area contributed by atoms with Gasteiger partial charge in [-0.05, 0) is 18.2 Å². The van der Waals surface area contributed by atoms with Crippen molar-refractivity contribution in [1.29, 1.82) is 0 Å². The van der Waals surface area contributed by atoms with Crippen LogP contribution in [-0.2, 0) is 18.4 Å². The third-order valence-electron chi connectivity index (χ3n) is 3.26. The van der Waals surface area contributed by atoms with Crippen molar-refractivity contribution in [3.63, 3.8) is 0 Å². The van der Waals surface area contributed by atoms with Gasteiger partial charge in [-0.3, -0.25) is 14.5 Å². The molecular weight excluding hydrogens is 301 g/mol. The smallest absolute Gasteiger partial charge is 0.299 e. The van der Waals surface area contributed by atoms with Crippen LogP contribution >= 0.6 is 23.2 Å². The van der Waals surface area contributed by atoms with Gasteiger partial charge in [0.15, 0.2) is 0 Å². The van der Waals surface area contributed by atoms with Crippen LogP contribution in [0.1, 0.15) is 16.2 Å². The molecule has 0 saturated carbocycles. The number of amides is 1. The standard InChI is InChI=1S/C13H9Cl2N3O2/c1-17-10(15)5-16-11(17)6-18-9-3-2-7(14)4-8(9)12(19)13(18)20/h2-5H,6H2,1H3. The van der Waals surface area contributed by atoms with Crippen LogP contribution in [0, 0.1) is 0 Å². The maximum atomic E-state index is 12.1. The summed E-state index contributed by atoms with van der Waals surface area (Å²) in [6, 6.07) is 4.80. The quantitative estimate of drug-likeness (QED) is 0.801. The molecule has 0 unspecified atom stereocenters. The van der Waals surface area contributed by atoms with Crippen LogP contribution < -0.4 is 4.90 Å². The Bertz CT molecular complexity index is 739. The Hall–Kier alpha value is -1.85. The number of imidazole rings is 1. The third kappa shape index (κ3) is 1.90. The van der Waals surface area contributed by atoms with Crippen molar-refractivity contribution in [1.82, 2.24) is 9.55 Å². The van der Waals surface area contributed by atoms with Crippen molar-refractivity contribution in [2.45, 2.75) is 6.54 Å². The zero-order valence-corrected chi connectivity index (χ0v) is 11.9. The topological polar surface area (TPSA) is 55.2 Å². The average molecular weight is 310 g/mol. The Morgan fingerprint density at radius 1 is 1.25 bits per heavy atom. The largest absolute Gasteiger partial charge is 0.321 e. The summed E-state index contributed by atoms with van der Waals surface area (Å²) in [7, 11) is 1.75. The van der Waals surface area contributed by atoms with Gasteiger partial charge in [-0.15, -0.1) is 0 Å². The molecule has 0 saturated heterocycles. The zero-order chi connectivity index (χ0) is 14.4. The van der Waals surface area contributed by atoms with Gasteiger partial charge in [0, 0.05) is 12.1 Å². The van der Waals surface area contributed by atoms with Gasteiger partial charge in [0.1, 0.15) is 11.0 Å². The Balaban J connectivity index is 2.01. The number of anilines is 1. The number of carbonyl (C=O) groups excluding carboxylic acids is 2. The molecule has 20 heavy (non-hydrogen) atoms. The van der Waals surface area contributed by atoms with Crippen LogP contribution in [0.3, 0.4) is 0 Å². The first kappa shape index (κ1) is 13.1. The molecule has 2 aromatic rings. The van der Waals surface area contributed by atoms with Gasteiger partial charge in [-0.2, -0.15) is 0 Å². The lowest BCUT2D eigenvalue weighted by Crippen LogP contribution is -2.30. The fourth-order valence-corrected chi connectivity index (χ4v) is 2.46. The van der Waals surface area contributed by atoms with E-state index in [4.69, 9.17) is 23.2 Å². The lowest BCUT2D eigenvalue weighted by Gasteiger charge is -2.16. The summed E-state index contributed by atoms with van der Waals surface area (Å²) in [5.74, 6) is -0.539. The first-order valence-corrected chi connectivity index (χ1v) is 6.56. The molecule has 3 rings (SSSR count). The summed E-state index contributed by atoms with van der Waals surface area (Å²) in [6.07, 6.45) is 1.50. The second-order valence-electron chi connectivity index (χ2n) is 4.44. The van der Waals surface area contributed by atoms with Crippen LogP contribution in [0.15, 0.2) is 24.4 Å². The number of hydrogen-bond donors (Lipinski definition) is 0. The molecule has 102 valence electrons. The van der Waals surface area contributed by atoms with E-state index < -0.39 is 11.7 Å². The zero-order valence-electron chi connectivity index (χ0n) is 10.4. The number of ketones is 1. The summed E-state index contributed by atoms with van der Waals surface area (Å²) in [5.41, 5.74) is 0.867. The van der Waals surface area contributed by atoms with E-state index >= 15 is 0 Å². The predicted molar refractivity (Wildman–Crippen MR) is 75.2 cm³/mol. The normalized spacial score (nSPS) is 14.1. The Labute approximate surface area is 124 Å². The van der Waals surface area contributed by atoms with Gasteiger partial charge < -0.3 is 4.57 Å². The maximum Gasteiger partial charge on any atom is 0.299 e. The first-order valence-electron chi connectivity index (χ1n) is 5.81.